The summed E-state index contributed by atoms with van der Waals surface area (Å²) >= 11 is 0. The van der Waals surface area contributed by atoms with E-state index in [2.05, 4.69) is 4.74 Å². The van der Waals surface area contributed by atoms with Gasteiger partial charge in [0.2, 0.25) is 5.78 Å². The fraction of sp³-hybridized carbons (Fsp3) is 0.235. The number of hydrogen-bond donors (Lipinski definition) is 0. The van der Waals surface area contributed by atoms with Gasteiger partial charge in [0.25, 0.3) is 5.69 Å². The third kappa shape index (κ3) is 4.72. The van der Waals surface area contributed by atoms with E-state index in [9.17, 15) is 23.7 Å². The van der Waals surface area contributed by atoms with Crippen molar-refractivity contribution < 1.29 is 28.0 Å². The lowest BCUT2D eigenvalue weighted by atomic mass is 10.1. The topological polar surface area (TPSA) is 78.7 Å². The first-order valence-corrected chi connectivity index (χ1v) is 7.24. The molecule has 0 aliphatic rings. The summed E-state index contributed by atoms with van der Waals surface area (Å²) in [6, 6.07) is 8.35. The summed E-state index contributed by atoms with van der Waals surface area (Å²) < 4.78 is 34.6. The Balaban J connectivity index is 2.14. The quantitative estimate of drug-likeness (QED) is 0.427. The van der Waals surface area contributed by atoms with Crippen molar-refractivity contribution in [1.29, 1.82) is 0 Å². The van der Waals surface area contributed by atoms with Crippen molar-refractivity contribution >= 4 is 11.5 Å². The number of nitro benzene ring substituents is 1. The summed E-state index contributed by atoms with van der Waals surface area (Å²) in [4.78, 5) is 22.5. The Morgan fingerprint density at radius 1 is 1.20 bits per heavy atom. The number of carbonyl (C=O) groups excluding carboxylic acids is 1. The van der Waals surface area contributed by atoms with E-state index in [-0.39, 0.29) is 22.7 Å². The van der Waals surface area contributed by atoms with Crippen LogP contribution in [0.25, 0.3) is 0 Å². The predicted octanol–water partition coefficient (Wildman–Crippen LogP) is 4.07. The molecular weight excluding hydrogens is 336 g/mol. The maximum atomic E-state index is 12.4. The molecule has 2 aromatic rings. The van der Waals surface area contributed by atoms with Crippen LogP contribution in [0, 0.1) is 24.0 Å². The zero-order valence-electron chi connectivity index (χ0n) is 13.5. The average molecular weight is 351 g/mol. The lowest BCUT2D eigenvalue weighted by molar-refractivity contribution is -0.385. The number of aryl methyl sites for hydroxylation is 2. The second-order valence-electron chi connectivity index (χ2n) is 5.30. The SMILES string of the molecule is Cc1ccc(OC(F)F)c(C(=O)COc2ccc([N+](=O)[O-])c(C)c2)c1. The van der Waals surface area contributed by atoms with Gasteiger partial charge in [0.1, 0.15) is 11.5 Å². The normalized spacial score (nSPS) is 10.6. The van der Waals surface area contributed by atoms with E-state index >= 15 is 0 Å². The van der Waals surface area contributed by atoms with Gasteiger partial charge in [0.05, 0.1) is 10.5 Å². The maximum Gasteiger partial charge on any atom is 0.387 e. The van der Waals surface area contributed by atoms with E-state index in [1.807, 2.05) is 0 Å². The number of alkyl halides is 2. The largest absolute Gasteiger partial charge is 0.485 e. The molecule has 0 bridgehead atoms. The Labute approximate surface area is 142 Å². The van der Waals surface area contributed by atoms with Gasteiger partial charge in [-0.05, 0) is 38.1 Å². The number of nitrogens with zero attached hydrogens (tertiary/aromatic N) is 1. The van der Waals surface area contributed by atoms with E-state index in [0.717, 1.165) is 0 Å². The van der Waals surface area contributed by atoms with Crippen molar-refractivity contribution in [2.75, 3.05) is 6.61 Å². The maximum absolute atomic E-state index is 12.4. The summed E-state index contributed by atoms with van der Waals surface area (Å²) in [5.74, 6) is -0.509. The van der Waals surface area contributed by atoms with E-state index < -0.39 is 23.9 Å². The highest BCUT2D eigenvalue weighted by atomic mass is 19.3. The molecule has 0 heterocycles. The van der Waals surface area contributed by atoms with Crippen LogP contribution in [0.4, 0.5) is 14.5 Å². The Morgan fingerprint density at radius 2 is 1.92 bits per heavy atom. The first kappa shape index (κ1) is 18.3. The average Bonchev–Trinajstić information content (AvgIpc) is 2.53. The van der Waals surface area contributed by atoms with Crippen molar-refractivity contribution in [2.24, 2.45) is 0 Å². The van der Waals surface area contributed by atoms with Crippen molar-refractivity contribution in [3.8, 4) is 11.5 Å². The Kier molecular flexibility index (Phi) is 5.63. The minimum absolute atomic E-state index is 0.0149. The number of halogens is 2. The molecule has 0 N–H and O–H groups in total. The molecule has 25 heavy (non-hydrogen) atoms. The summed E-state index contributed by atoms with van der Waals surface area (Å²) in [5, 5.41) is 10.8. The fourth-order valence-electron chi connectivity index (χ4n) is 2.21. The third-order valence-corrected chi connectivity index (χ3v) is 3.39. The van der Waals surface area contributed by atoms with Crippen LogP contribution < -0.4 is 9.47 Å². The molecule has 0 spiro atoms. The van der Waals surface area contributed by atoms with Crippen LogP contribution in [-0.4, -0.2) is 23.9 Å². The first-order chi connectivity index (χ1) is 11.8. The van der Waals surface area contributed by atoms with Crippen molar-refractivity contribution in [2.45, 2.75) is 20.5 Å². The summed E-state index contributed by atoms with van der Waals surface area (Å²) in [6.45, 7) is -0.210. The van der Waals surface area contributed by atoms with Crippen molar-refractivity contribution in [3.63, 3.8) is 0 Å². The Hall–Kier alpha value is -3.03. The molecule has 2 rings (SSSR count). The smallest absolute Gasteiger partial charge is 0.387 e. The van der Waals surface area contributed by atoms with Crippen LogP contribution in [0.5, 0.6) is 11.5 Å². The fourth-order valence-corrected chi connectivity index (χ4v) is 2.21. The molecule has 132 valence electrons. The highest BCUT2D eigenvalue weighted by molar-refractivity contribution is 6.00. The van der Waals surface area contributed by atoms with Gasteiger partial charge in [-0.2, -0.15) is 8.78 Å². The van der Waals surface area contributed by atoms with Gasteiger partial charge >= 0.3 is 6.61 Å². The van der Waals surface area contributed by atoms with E-state index in [1.165, 1.54) is 30.3 Å². The molecule has 6 nitrogen and oxygen atoms in total. The predicted molar refractivity (Wildman–Crippen MR) is 85.5 cm³/mol. The highest BCUT2D eigenvalue weighted by Gasteiger charge is 2.17. The molecule has 0 aliphatic carbocycles. The van der Waals surface area contributed by atoms with Gasteiger partial charge in [-0.3, -0.25) is 14.9 Å². The van der Waals surface area contributed by atoms with Crippen molar-refractivity contribution in [3.05, 3.63) is 63.2 Å². The van der Waals surface area contributed by atoms with Gasteiger partial charge in [-0.1, -0.05) is 11.6 Å². The summed E-state index contributed by atoms with van der Waals surface area (Å²) in [5.41, 5.74) is 1.01. The number of ether oxygens (including phenoxy) is 2. The van der Waals surface area contributed by atoms with Gasteiger partial charge in [-0.15, -0.1) is 0 Å². The second kappa shape index (κ2) is 7.69. The Bertz CT molecular complexity index is 808. The van der Waals surface area contributed by atoms with E-state index in [4.69, 9.17) is 4.74 Å². The molecule has 0 saturated carbocycles. The van der Waals surface area contributed by atoms with Crippen LogP contribution >= 0.6 is 0 Å². The van der Waals surface area contributed by atoms with E-state index in [0.29, 0.717) is 11.1 Å². The lowest BCUT2D eigenvalue weighted by Gasteiger charge is -2.12. The molecular formula is C17H15F2NO5. The molecule has 0 saturated heterocycles. The first-order valence-electron chi connectivity index (χ1n) is 7.24. The monoisotopic (exact) mass is 351 g/mol. The molecule has 0 aromatic heterocycles. The molecule has 0 aliphatic heterocycles. The molecule has 0 amide bonds. The zero-order valence-corrected chi connectivity index (χ0v) is 13.5. The van der Waals surface area contributed by atoms with Gasteiger partial charge in [0.15, 0.2) is 6.61 Å². The number of carbonyl (C=O) groups is 1. The lowest BCUT2D eigenvalue weighted by Crippen LogP contribution is -2.15. The van der Waals surface area contributed by atoms with Crippen LogP contribution in [0.1, 0.15) is 21.5 Å². The Morgan fingerprint density at radius 3 is 2.52 bits per heavy atom. The molecule has 0 atom stereocenters. The van der Waals surface area contributed by atoms with Crippen molar-refractivity contribution in [1.82, 2.24) is 0 Å². The number of Topliss-reactive ketones (excluding diaryl/α,β-unsaturated/α-hetero) is 1. The number of rotatable bonds is 7. The minimum atomic E-state index is -3.05. The molecule has 2 aromatic carbocycles. The van der Waals surface area contributed by atoms with Gasteiger partial charge in [-0.25, -0.2) is 0 Å². The third-order valence-electron chi connectivity index (χ3n) is 3.39. The molecule has 8 heteroatoms. The standard InChI is InChI=1S/C17H15F2NO5/c1-10-3-6-16(25-17(18)19)13(7-10)15(21)9-24-12-4-5-14(20(22)23)11(2)8-12/h3-8,17H,9H2,1-2H3. The number of ketones is 1. The van der Waals surface area contributed by atoms with Gasteiger partial charge in [0, 0.05) is 11.6 Å². The zero-order chi connectivity index (χ0) is 18.6. The molecule has 0 unspecified atom stereocenters. The number of hydrogen-bond acceptors (Lipinski definition) is 5. The van der Waals surface area contributed by atoms with Gasteiger partial charge < -0.3 is 9.47 Å². The molecule has 0 fully saturated rings. The summed E-state index contributed by atoms with van der Waals surface area (Å²) in [6.07, 6.45) is 0. The minimum Gasteiger partial charge on any atom is -0.485 e. The highest BCUT2D eigenvalue weighted by Crippen LogP contribution is 2.25. The van der Waals surface area contributed by atoms with Crippen LogP contribution in [0.3, 0.4) is 0 Å². The molecule has 0 radical (unpaired) electrons. The van der Waals surface area contributed by atoms with Crippen LogP contribution in [0.15, 0.2) is 36.4 Å². The number of nitro groups is 1. The summed E-state index contributed by atoms with van der Waals surface area (Å²) in [7, 11) is 0. The van der Waals surface area contributed by atoms with Crippen LogP contribution in [0.2, 0.25) is 0 Å². The van der Waals surface area contributed by atoms with Crippen LogP contribution in [-0.2, 0) is 0 Å². The number of benzene rings is 2. The van der Waals surface area contributed by atoms with E-state index in [1.54, 1.807) is 19.9 Å². The second-order valence-corrected chi connectivity index (χ2v) is 5.30.